The van der Waals surface area contributed by atoms with Crippen molar-refractivity contribution in [1.82, 2.24) is 0 Å². The molecule has 1 fully saturated rings. The Kier molecular flexibility index (Phi) is 2.41. The normalized spacial score (nSPS) is 17.9. The van der Waals surface area contributed by atoms with Crippen molar-refractivity contribution in [2.45, 2.75) is 25.3 Å². The van der Waals surface area contributed by atoms with Crippen LogP contribution in [-0.2, 0) is 0 Å². The van der Waals surface area contributed by atoms with Crippen LogP contribution in [0.15, 0.2) is 28.7 Å². The fourth-order valence-corrected chi connectivity index (χ4v) is 2.28. The third kappa shape index (κ3) is 1.83. The first-order valence-corrected chi connectivity index (χ1v) is 6.05. The summed E-state index contributed by atoms with van der Waals surface area (Å²) in [6.07, 6.45) is 3.65. The molecular formula is C13H14ClNO. The Hall–Kier alpha value is -0.990. The zero-order valence-electron chi connectivity index (χ0n) is 8.95. The molecule has 84 valence electrons. The number of fused-ring (bicyclic) bond motifs is 1. The van der Waals surface area contributed by atoms with Crippen molar-refractivity contribution in [3.8, 4) is 0 Å². The van der Waals surface area contributed by atoms with Gasteiger partial charge >= 0.3 is 0 Å². The summed E-state index contributed by atoms with van der Waals surface area (Å²) in [4.78, 5) is 0. The number of hydrogen-bond acceptors (Lipinski definition) is 2. The number of hydrogen-bond donors (Lipinski definition) is 1. The average molecular weight is 236 g/mol. The lowest BCUT2D eigenvalue weighted by atomic mass is 10.1. The second-order valence-electron chi connectivity index (χ2n) is 4.59. The van der Waals surface area contributed by atoms with Crippen LogP contribution in [0.2, 0.25) is 5.02 Å². The summed E-state index contributed by atoms with van der Waals surface area (Å²) >= 11 is 6.09. The van der Waals surface area contributed by atoms with E-state index in [0.717, 1.165) is 34.1 Å². The zero-order chi connectivity index (χ0) is 11.1. The van der Waals surface area contributed by atoms with Crippen LogP contribution in [0.4, 0.5) is 0 Å². The molecule has 0 amide bonds. The molecule has 1 aromatic heterocycles. The highest BCUT2D eigenvalue weighted by Gasteiger charge is 2.26. The van der Waals surface area contributed by atoms with Gasteiger partial charge in [0.25, 0.3) is 0 Å². The number of halogens is 1. The zero-order valence-corrected chi connectivity index (χ0v) is 9.70. The lowest BCUT2D eigenvalue weighted by molar-refractivity contribution is 0.463. The van der Waals surface area contributed by atoms with E-state index >= 15 is 0 Å². The van der Waals surface area contributed by atoms with Crippen LogP contribution in [0.5, 0.6) is 0 Å². The largest absolute Gasteiger partial charge is 0.459 e. The summed E-state index contributed by atoms with van der Waals surface area (Å²) < 4.78 is 5.73. The minimum atomic E-state index is 0.0102. The third-order valence-electron chi connectivity index (χ3n) is 3.18. The molecule has 0 saturated heterocycles. The molecule has 2 nitrogen and oxygen atoms in total. The van der Waals surface area contributed by atoms with E-state index in [1.54, 1.807) is 0 Å². The van der Waals surface area contributed by atoms with E-state index in [0.29, 0.717) is 0 Å². The summed E-state index contributed by atoms with van der Waals surface area (Å²) in [5.41, 5.74) is 6.94. The van der Waals surface area contributed by atoms with Crippen LogP contribution in [0.1, 0.15) is 31.1 Å². The molecular weight excluding hydrogens is 222 g/mol. The van der Waals surface area contributed by atoms with Crippen molar-refractivity contribution in [2.75, 3.05) is 0 Å². The van der Waals surface area contributed by atoms with E-state index in [2.05, 4.69) is 0 Å². The second kappa shape index (κ2) is 3.79. The van der Waals surface area contributed by atoms with Crippen LogP contribution in [-0.4, -0.2) is 0 Å². The van der Waals surface area contributed by atoms with Gasteiger partial charge in [0.15, 0.2) is 0 Å². The van der Waals surface area contributed by atoms with Gasteiger partial charge in [0.1, 0.15) is 11.3 Å². The number of furan rings is 1. The molecule has 1 aliphatic rings. The molecule has 1 aromatic carbocycles. The maximum atomic E-state index is 6.11. The molecule has 0 aliphatic heterocycles. The number of benzene rings is 1. The topological polar surface area (TPSA) is 39.2 Å². The fourth-order valence-electron chi connectivity index (χ4n) is 2.06. The Morgan fingerprint density at radius 2 is 2.25 bits per heavy atom. The van der Waals surface area contributed by atoms with Gasteiger partial charge in [0.05, 0.1) is 11.1 Å². The molecule has 2 aromatic rings. The molecule has 0 radical (unpaired) electrons. The first-order chi connectivity index (χ1) is 7.74. The second-order valence-corrected chi connectivity index (χ2v) is 4.99. The average Bonchev–Trinajstić information content (AvgIpc) is 2.95. The summed E-state index contributed by atoms with van der Waals surface area (Å²) in [6, 6.07) is 7.68. The van der Waals surface area contributed by atoms with E-state index in [1.165, 1.54) is 12.8 Å². The maximum absolute atomic E-state index is 6.11. The lowest BCUT2D eigenvalue weighted by Gasteiger charge is -2.06. The quantitative estimate of drug-likeness (QED) is 0.877. The molecule has 1 aliphatic carbocycles. The minimum Gasteiger partial charge on any atom is -0.459 e. The summed E-state index contributed by atoms with van der Waals surface area (Å²) in [6.45, 7) is 0. The predicted octanol–water partition coefficient (Wildman–Crippen LogP) is 3.89. The number of nitrogens with two attached hydrogens (primary N) is 1. The summed E-state index contributed by atoms with van der Waals surface area (Å²) in [5.74, 6) is 1.66. The molecule has 3 heteroatoms. The van der Waals surface area contributed by atoms with E-state index < -0.39 is 0 Å². The van der Waals surface area contributed by atoms with E-state index in [-0.39, 0.29) is 6.04 Å². The van der Waals surface area contributed by atoms with E-state index in [4.69, 9.17) is 21.8 Å². The van der Waals surface area contributed by atoms with E-state index in [1.807, 2.05) is 24.3 Å². The molecule has 3 rings (SSSR count). The smallest absolute Gasteiger partial charge is 0.135 e. The SMILES string of the molecule is N[C@@H](CC1CC1)c1cc2c(Cl)cccc2o1. The van der Waals surface area contributed by atoms with Crippen LogP contribution in [0.25, 0.3) is 11.0 Å². The van der Waals surface area contributed by atoms with Gasteiger partial charge in [0, 0.05) is 5.39 Å². The summed E-state index contributed by atoms with van der Waals surface area (Å²) in [7, 11) is 0. The molecule has 1 atom stereocenters. The van der Waals surface area contributed by atoms with Gasteiger partial charge in [0.2, 0.25) is 0 Å². The van der Waals surface area contributed by atoms with Gasteiger partial charge in [-0.2, -0.15) is 0 Å². The molecule has 1 saturated carbocycles. The van der Waals surface area contributed by atoms with E-state index in [9.17, 15) is 0 Å². The molecule has 1 heterocycles. The first-order valence-electron chi connectivity index (χ1n) is 5.67. The Bertz CT molecular complexity index is 516. The van der Waals surface area contributed by atoms with Crippen molar-refractivity contribution in [2.24, 2.45) is 11.7 Å². The Morgan fingerprint density at radius 3 is 2.94 bits per heavy atom. The van der Waals surface area contributed by atoms with Gasteiger partial charge in [-0.3, -0.25) is 0 Å². The Labute approximate surface area is 99.4 Å². The summed E-state index contributed by atoms with van der Waals surface area (Å²) in [5, 5.41) is 1.69. The molecule has 0 bridgehead atoms. The van der Waals surface area contributed by atoms with Crippen LogP contribution < -0.4 is 5.73 Å². The van der Waals surface area contributed by atoms with Gasteiger partial charge in [-0.1, -0.05) is 30.5 Å². The Morgan fingerprint density at radius 1 is 1.44 bits per heavy atom. The molecule has 0 spiro atoms. The predicted molar refractivity (Wildman–Crippen MR) is 65.5 cm³/mol. The van der Waals surface area contributed by atoms with Crippen molar-refractivity contribution >= 4 is 22.6 Å². The van der Waals surface area contributed by atoms with Crippen LogP contribution in [0, 0.1) is 5.92 Å². The standard InChI is InChI=1S/C13H14ClNO/c14-10-2-1-3-12-9(10)7-13(16-12)11(15)6-8-4-5-8/h1-3,7-8,11H,4-6,15H2/t11-/m0/s1. The fraction of sp³-hybridized carbons (Fsp3) is 0.385. The molecule has 16 heavy (non-hydrogen) atoms. The highest BCUT2D eigenvalue weighted by molar-refractivity contribution is 6.35. The van der Waals surface area contributed by atoms with Gasteiger partial charge in [-0.25, -0.2) is 0 Å². The number of rotatable bonds is 3. The highest BCUT2D eigenvalue weighted by atomic mass is 35.5. The van der Waals surface area contributed by atoms with Crippen LogP contribution >= 0.6 is 11.6 Å². The highest BCUT2D eigenvalue weighted by Crippen LogP contribution is 2.38. The third-order valence-corrected chi connectivity index (χ3v) is 3.51. The minimum absolute atomic E-state index is 0.0102. The first kappa shape index (κ1) is 10.2. The van der Waals surface area contributed by atoms with Gasteiger partial charge in [-0.05, 0) is 30.5 Å². The van der Waals surface area contributed by atoms with Gasteiger partial charge < -0.3 is 10.2 Å². The van der Waals surface area contributed by atoms with Crippen molar-refractivity contribution < 1.29 is 4.42 Å². The van der Waals surface area contributed by atoms with Crippen LogP contribution in [0.3, 0.4) is 0 Å². The monoisotopic (exact) mass is 235 g/mol. The molecule has 2 N–H and O–H groups in total. The van der Waals surface area contributed by atoms with Crippen molar-refractivity contribution in [3.63, 3.8) is 0 Å². The molecule has 0 unspecified atom stereocenters. The van der Waals surface area contributed by atoms with Crippen molar-refractivity contribution in [3.05, 3.63) is 35.0 Å². The maximum Gasteiger partial charge on any atom is 0.135 e. The Balaban J connectivity index is 1.94. The van der Waals surface area contributed by atoms with Gasteiger partial charge in [-0.15, -0.1) is 0 Å². The lowest BCUT2D eigenvalue weighted by Crippen LogP contribution is -2.09. The van der Waals surface area contributed by atoms with Crippen molar-refractivity contribution in [1.29, 1.82) is 0 Å².